The van der Waals surface area contributed by atoms with E-state index in [-0.39, 0.29) is 16.7 Å². The minimum Gasteiger partial charge on any atom is -0.341 e. The fourth-order valence-electron chi connectivity index (χ4n) is 3.72. The first-order valence-electron chi connectivity index (χ1n) is 7.84. The predicted octanol–water partition coefficient (Wildman–Crippen LogP) is 2.66. The molecule has 19 heavy (non-hydrogen) atoms. The van der Waals surface area contributed by atoms with Gasteiger partial charge in [0.25, 0.3) is 0 Å². The summed E-state index contributed by atoms with van der Waals surface area (Å²) in [6, 6.07) is 0.502. The second kappa shape index (κ2) is 5.08. The number of carbonyl (C=O) groups excluding carboxylic acids is 1. The van der Waals surface area contributed by atoms with E-state index in [0.29, 0.717) is 11.9 Å². The summed E-state index contributed by atoms with van der Waals surface area (Å²) in [5.41, 5.74) is 0.301. The van der Waals surface area contributed by atoms with Crippen molar-refractivity contribution in [1.29, 1.82) is 0 Å². The zero-order valence-electron chi connectivity index (χ0n) is 13.3. The van der Waals surface area contributed by atoms with E-state index in [1.54, 1.807) is 0 Å². The average molecular weight is 266 g/mol. The minimum atomic E-state index is 0.150. The van der Waals surface area contributed by atoms with Crippen LogP contribution in [-0.4, -0.2) is 36.5 Å². The average Bonchev–Trinajstić information content (AvgIpc) is 2.77. The van der Waals surface area contributed by atoms with Crippen molar-refractivity contribution in [3.05, 3.63) is 0 Å². The topological polar surface area (TPSA) is 32.3 Å². The number of rotatable bonds is 4. The number of hydrogen-bond acceptors (Lipinski definition) is 2. The highest BCUT2D eigenvalue weighted by atomic mass is 16.2. The van der Waals surface area contributed by atoms with Crippen LogP contribution in [0, 0.1) is 16.7 Å². The van der Waals surface area contributed by atoms with Gasteiger partial charge in [0, 0.05) is 25.0 Å². The lowest BCUT2D eigenvalue weighted by atomic mass is 10.0. The van der Waals surface area contributed by atoms with Gasteiger partial charge in [-0.05, 0) is 37.1 Å². The molecular weight excluding hydrogens is 236 g/mol. The van der Waals surface area contributed by atoms with Gasteiger partial charge in [0.2, 0.25) is 5.91 Å². The lowest BCUT2D eigenvalue weighted by molar-refractivity contribution is -0.134. The van der Waals surface area contributed by atoms with Crippen molar-refractivity contribution in [3.8, 4) is 0 Å². The summed E-state index contributed by atoms with van der Waals surface area (Å²) in [6.45, 7) is 13.8. The lowest BCUT2D eigenvalue weighted by Crippen LogP contribution is -2.46. The molecule has 2 fully saturated rings. The Hall–Kier alpha value is -0.570. The maximum Gasteiger partial charge on any atom is 0.226 e. The molecule has 1 atom stereocenters. The van der Waals surface area contributed by atoms with Gasteiger partial charge >= 0.3 is 0 Å². The molecule has 0 bridgehead atoms. The molecule has 1 heterocycles. The minimum absolute atomic E-state index is 0.150. The van der Waals surface area contributed by atoms with E-state index in [4.69, 9.17) is 0 Å². The van der Waals surface area contributed by atoms with Gasteiger partial charge in [-0.15, -0.1) is 0 Å². The quantitative estimate of drug-likeness (QED) is 0.848. The van der Waals surface area contributed by atoms with Crippen molar-refractivity contribution in [2.24, 2.45) is 16.7 Å². The summed E-state index contributed by atoms with van der Waals surface area (Å²) in [6.07, 6.45) is 3.78. The molecule has 1 unspecified atom stereocenters. The van der Waals surface area contributed by atoms with Crippen LogP contribution in [0.2, 0.25) is 0 Å². The third kappa shape index (κ3) is 2.54. The molecular formula is C16H30N2O. The van der Waals surface area contributed by atoms with Crippen molar-refractivity contribution in [3.63, 3.8) is 0 Å². The molecule has 1 aliphatic carbocycles. The molecule has 0 spiro atoms. The maximum absolute atomic E-state index is 12.7. The van der Waals surface area contributed by atoms with Gasteiger partial charge in [0.05, 0.1) is 0 Å². The summed E-state index contributed by atoms with van der Waals surface area (Å²) < 4.78 is 0. The van der Waals surface area contributed by atoms with E-state index in [0.717, 1.165) is 19.6 Å². The first kappa shape index (κ1) is 14.8. The van der Waals surface area contributed by atoms with Gasteiger partial charge in [0.15, 0.2) is 0 Å². The van der Waals surface area contributed by atoms with E-state index in [1.165, 1.54) is 19.3 Å². The molecule has 0 aromatic heterocycles. The normalized spacial score (nSPS) is 29.0. The highest BCUT2D eigenvalue weighted by molar-refractivity contribution is 5.84. The Labute approximate surface area is 118 Å². The summed E-state index contributed by atoms with van der Waals surface area (Å²) >= 11 is 0. The maximum atomic E-state index is 12.7. The van der Waals surface area contributed by atoms with Crippen LogP contribution in [0.5, 0.6) is 0 Å². The van der Waals surface area contributed by atoms with Crippen LogP contribution in [0.3, 0.4) is 0 Å². The van der Waals surface area contributed by atoms with Gasteiger partial charge < -0.3 is 10.2 Å². The van der Waals surface area contributed by atoms with Gasteiger partial charge in [-0.25, -0.2) is 0 Å². The summed E-state index contributed by atoms with van der Waals surface area (Å²) in [4.78, 5) is 14.8. The molecule has 2 rings (SSSR count). The Kier molecular flexibility index (Phi) is 3.97. The van der Waals surface area contributed by atoms with Crippen molar-refractivity contribution in [1.82, 2.24) is 10.2 Å². The molecule has 0 radical (unpaired) electrons. The Morgan fingerprint density at radius 2 is 1.84 bits per heavy atom. The molecule has 1 saturated heterocycles. The molecule has 1 saturated carbocycles. The largest absolute Gasteiger partial charge is 0.341 e. The standard InChI is InChI=1S/C16H30N2O/c1-6-18(11-12-9-7-8-10-17-12)14(19)13-15(2,3)16(13,4)5/h12-13,17H,6-11H2,1-5H3. The second-order valence-corrected chi connectivity index (χ2v) is 7.40. The van der Waals surface area contributed by atoms with Gasteiger partial charge in [-0.2, -0.15) is 0 Å². The number of amides is 1. The van der Waals surface area contributed by atoms with E-state index in [1.807, 2.05) is 0 Å². The Balaban J connectivity index is 1.96. The molecule has 1 N–H and O–H groups in total. The Morgan fingerprint density at radius 3 is 2.26 bits per heavy atom. The summed E-state index contributed by atoms with van der Waals surface area (Å²) in [7, 11) is 0. The highest BCUT2D eigenvalue weighted by Gasteiger charge is 2.68. The molecule has 3 heteroatoms. The van der Waals surface area contributed by atoms with Crippen molar-refractivity contribution < 1.29 is 4.79 Å². The van der Waals surface area contributed by atoms with E-state index >= 15 is 0 Å². The Morgan fingerprint density at radius 1 is 1.21 bits per heavy atom. The van der Waals surface area contributed by atoms with E-state index in [2.05, 4.69) is 44.8 Å². The molecule has 0 aromatic carbocycles. The third-order valence-electron chi connectivity index (χ3n) is 5.81. The van der Waals surface area contributed by atoms with E-state index < -0.39 is 0 Å². The van der Waals surface area contributed by atoms with Gasteiger partial charge in [-0.3, -0.25) is 4.79 Å². The number of nitrogens with one attached hydrogen (secondary N) is 1. The predicted molar refractivity (Wildman–Crippen MR) is 78.9 cm³/mol. The first-order valence-corrected chi connectivity index (χ1v) is 7.84. The van der Waals surface area contributed by atoms with E-state index in [9.17, 15) is 4.79 Å². The number of hydrogen-bond donors (Lipinski definition) is 1. The van der Waals surface area contributed by atoms with Crippen molar-refractivity contribution >= 4 is 5.91 Å². The molecule has 3 nitrogen and oxygen atoms in total. The monoisotopic (exact) mass is 266 g/mol. The van der Waals surface area contributed by atoms with Crippen LogP contribution in [0.1, 0.15) is 53.9 Å². The van der Waals surface area contributed by atoms with Crippen LogP contribution in [0.15, 0.2) is 0 Å². The second-order valence-electron chi connectivity index (χ2n) is 7.40. The molecule has 1 amide bonds. The zero-order chi connectivity index (χ0) is 14.3. The fraction of sp³-hybridized carbons (Fsp3) is 0.938. The van der Waals surface area contributed by atoms with Crippen molar-refractivity contribution in [2.75, 3.05) is 19.6 Å². The molecule has 2 aliphatic rings. The molecule has 110 valence electrons. The summed E-state index contributed by atoms with van der Waals surface area (Å²) in [5, 5.41) is 3.55. The zero-order valence-corrected chi connectivity index (χ0v) is 13.3. The number of likely N-dealkylation sites (N-methyl/N-ethyl adjacent to an activating group) is 1. The smallest absolute Gasteiger partial charge is 0.226 e. The van der Waals surface area contributed by atoms with Crippen LogP contribution in [0.25, 0.3) is 0 Å². The van der Waals surface area contributed by atoms with Crippen LogP contribution in [-0.2, 0) is 4.79 Å². The molecule has 1 aliphatic heterocycles. The SMILES string of the molecule is CCN(CC1CCCCN1)C(=O)C1C(C)(C)C1(C)C. The summed E-state index contributed by atoms with van der Waals surface area (Å²) in [5.74, 6) is 0.563. The lowest BCUT2D eigenvalue weighted by Gasteiger charge is -2.30. The Bertz CT molecular complexity index is 329. The number of carbonyl (C=O) groups is 1. The fourth-order valence-corrected chi connectivity index (χ4v) is 3.72. The molecule has 0 aromatic rings. The number of nitrogens with zero attached hydrogens (tertiary/aromatic N) is 1. The van der Waals surface area contributed by atoms with Crippen LogP contribution in [0.4, 0.5) is 0 Å². The van der Waals surface area contributed by atoms with Crippen molar-refractivity contribution in [2.45, 2.75) is 59.9 Å². The van der Waals surface area contributed by atoms with Gasteiger partial charge in [-0.1, -0.05) is 34.1 Å². The van der Waals surface area contributed by atoms with Gasteiger partial charge in [0.1, 0.15) is 0 Å². The first-order chi connectivity index (χ1) is 8.82. The number of piperidine rings is 1. The third-order valence-corrected chi connectivity index (χ3v) is 5.81. The van der Waals surface area contributed by atoms with Crippen LogP contribution >= 0.6 is 0 Å². The van der Waals surface area contributed by atoms with Crippen LogP contribution < -0.4 is 5.32 Å². The highest BCUT2D eigenvalue weighted by Crippen LogP contribution is 2.68.